The van der Waals surface area contributed by atoms with Crippen LogP contribution < -0.4 is 27.4 Å². The smallest absolute Gasteiger partial charge is 0.187 e. The van der Waals surface area contributed by atoms with Crippen molar-refractivity contribution < 1.29 is 59.8 Å². The van der Waals surface area contributed by atoms with E-state index >= 15 is 0 Å². The Morgan fingerprint density at radius 3 is 2.37 bits per heavy atom. The highest BCUT2D eigenvalue weighted by Gasteiger charge is 2.51. The van der Waals surface area contributed by atoms with Crippen molar-refractivity contribution in [3.63, 3.8) is 0 Å². The maximum absolute atomic E-state index is 11.5. The fourth-order valence-electron chi connectivity index (χ4n) is 5.33. The van der Waals surface area contributed by atoms with E-state index in [1.165, 1.54) is 0 Å². The lowest BCUT2D eigenvalue weighted by atomic mass is 9.83. The minimum atomic E-state index is -1.68. The maximum atomic E-state index is 11.5. The lowest BCUT2D eigenvalue weighted by Gasteiger charge is -2.48. The molecule has 1 aliphatic carbocycles. The zero-order chi connectivity index (χ0) is 30.3. The van der Waals surface area contributed by atoms with Crippen LogP contribution in [-0.4, -0.2) is 173 Å². The molecule has 0 amide bonds. The summed E-state index contributed by atoms with van der Waals surface area (Å²) in [6, 6.07) is -2.22. The molecule has 41 heavy (non-hydrogen) atoms. The molecular weight excluding hydrogens is 550 g/mol. The van der Waals surface area contributed by atoms with E-state index in [4.69, 9.17) is 35.5 Å². The first-order valence-corrected chi connectivity index (χ1v) is 13.7. The molecule has 2 saturated heterocycles. The highest BCUT2D eigenvalue weighted by Crippen LogP contribution is 2.32. The largest absolute Gasteiger partial charge is 0.515 e. The zero-order valence-corrected chi connectivity index (χ0v) is 23.0. The van der Waals surface area contributed by atoms with Gasteiger partial charge in [-0.15, -0.1) is 0 Å². The van der Waals surface area contributed by atoms with Crippen molar-refractivity contribution >= 4 is 0 Å². The molecule has 2 aliphatic heterocycles. The van der Waals surface area contributed by atoms with Gasteiger partial charge < -0.3 is 87.2 Å². The molecule has 14 atom stereocenters. The van der Waals surface area contributed by atoms with Crippen molar-refractivity contribution in [1.82, 2.24) is 16.0 Å². The molecule has 0 aromatic heterocycles. The predicted octanol–water partition coefficient (Wildman–Crippen LogP) is -6.74. The molecule has 3 fully saturated rings. The fourth-order valence-corrected chi connectivity index (χ4v) is 5.33. The highest BCUT2D eigenvalue weighted by molar-refractivity contribution is 5.14. The van der Waals surface area contributed by atoms with Crippen LogP contribution in [0.2, 0.25) is 0 Å². The molecule has 2 unspecified atom stereocenters. The third kappa shape index (κ3) is 8.30. The Morgan fingerprint density at radius 1 is 1.02 bits per heavy atom. The van der Waals surface area contributed by atoms with Crippen molar-refractivity contribution in [1.29, 1.82) is 0 Å². The lowest BCUT2D eigenvalue weighted by molar-refractivity contribution is -0.326. The normalized spacial score (nSPS) is 43.8. The van der Waals surface area contributed by atoms with Crippen molar-refractivity contribution in [2.24, 2.45) is 11.5 Å². The van der Waals surface area contributed by atoms with Gasteiger partial charge in [-0.3, -0.25) is 0 Å². The summed E-state index contributed by atoms with van der Waals surface area (Å²) in [4.78, 5) is 0. The maximum Gasteiger partial charge on any atom is 0.187 e. The second-order valence-electron chi connectivity index (χ2n) is 10.6. The van der Waals surface area contributed by atoms with Crippen LogP contribution in [0.15, 0.2) is 11.8 Å². The quantitative estimate of drug-likeness (QED) is 0.0693. The van der Waals surface area contributed by atoms with E-state index in [0.717, 1.165) is 6.26 Å². The number of ether oxygens (including phenoxy) is 4. The minimum Gasteiger partial charge on any atom is -0.515 e. The van der Waals surface area contributed by atoms with Crippen molar-refractivity contribution in [3.8, 4) is 0 Å². The molecule has 15 N–H and O–H groups in total. The van der Waals surface area contributed by atoms with Gasteiger partial charge in [0.25, 0.3) is 0 Å². The van der Waals surface area contributed by atoms with E-state index < -0.39 is 85.6 Å². The third-order valence-corrected chi connectivity index (χ3v) is 7.70. The number of nitrogens with two attached hydrogens (primary N) is 2. The Balaban J connectivity index is 1.79. The van der Waals surface area contributed by atoms with Crippen molar-refractivity contribution in [3.05, 3.63) is 11.8 Å². The van der Waals surface area contributed by atoms with E-state index in [1.54, 1.807) is 7.05 Å². The zero-order valence-electron chi connectivity index (χ0n) is 23.0. The Kier molecular flexibility index (Phi) is 13.5. The Morgan fingerprint density at radius 2 is 1.73 bits per heavy atom. The van der Waals surface area contributed by atoms with Gasteiger partial charge in [-0.25, -0.2) is 0 Å². The van der Waals surface area contributed by atoms with Gasteiger partial charge in [0.15, 0.2) is 12.6 Å². The van der Waals surface area contributed by atoms with Crippen LogP contribution in [-0.2, 0) is 18.9 Å². The topological polar surface area (TPSA) is 287 Å². The number of aliphatic hydroxyl groups excluding tert-OH is 8. The average Bonchev–Trinajstić information content (AvgIpc) is 2.96. The van der Waals surface area contributed by atoms with Gasteiger partial charge in [0, 0.05) is 43.8 Å². The van der Waals surface area contributed by atoms with Crippen LogP contribution in [0, 0.1) is 0 Å². The number of likely N-dealkylation sites (N-methyl/N-ethyl adjacent to an activating group) is 1. The van der Waals surface area contributed by atoms with Gasteiger partial charge in [0.2, 0.25) is 0 Å². The highest BCUT2D eigenvalue weighted by atomic mass is 16.7. The van der Waals surface area contributed by atoms with Gasteiger partial charge in [0.05, 0.1) is 31.6 Å². The van der Waals surface area contributed by atoms with E-state index in [2.05, 4.69) is 16.0 Å². The summed E-state index contributed by atoms with van der Waals surface area (Å²) in [5.41, 5.74) is 12.3. The molecule has 0 aromatic rings. The van der Waals surface area contributed by atoms with E-state index in [0.29, 0.717) is 5.57 Å². The van der Waals surface area contributed by atoms with Crippen LogP contribution in [0.1, 0.15) is 6.42 Å². The molecule has 0 spiro atoms. The van der Waals surface area contributed by atoms with E-state index in [1.807, 2.05) is 0 Å². The standard InChI is InChI=1S/C24H47N5O12/c1-27-15-10(8-31)9-38-23(17(15)34)41-22-13(29-6-11(32)5-25)4-12(26)21(20(22)37)40-24-19(36)18(35)16(33)14(39-24)7-28-2-3-30/h8,11-24,27-37H,2-7,9,25-26H2,1H3/b10-8-/t11?,12-,13+,14+,15-,16+,17+,18-,19+,20-,21?,22-,23+,24+/m0/s1. The molecular formula is C24H47N5O12. The Bertz CT molecular complexity index is 817. The summed E-state index contributed by atoms with van der Waals surface area (Å²) in [6.07, 6.45) is -13.5. The number of rotatable bonds is 13. The number of aliphatic hydroxyl groups is 8. The summed E-state index contributed by atoms with van der Waals surface area (Å²) >= 11 is 0. The second-order valence-corrected chi connectivity index (χ2v) is 10.6. The molecule has 1 saturated carbocycles. The second kappa shape index (κ2) is 16.1. The molecule has 3 rings (SSSR count). The summed E-state index contributed by atoms with van der Waals surface area (Å²) in [5, 5.41) is 90.9. The fraction of sp³-hybridized carbons (Fsp3) is 0.917. The predicted molar refractivity (Wildman–Crippen MR) is 141 cm³/mol. The number of hydrogen-bond acceptors (Lipinski definition) is 17. The first-order valence-electron chi connectivity index (χ1n) is 13.7. The molecule has 0 bridgehead atoms. The minimum absolute atomic E-state index is 0.0183. The first kappa shape index (κ1) is 34.4. The monoisotopic (exact) mass is 597 g/mol. The van der Waals surface area contributed by atoms with E-state index in [-0.39, 0.29) is 45.8 Å². The Hall–Kier alpha value is -1.10. The van der Waals surface area contributed by atoms with Crippen molar-refractivity contribution in [2.45, 2.75) is 92.1 Å². The van der Waals surface area contributed by atoms with Crippen LogP contribution in [0.3, 0.4) is 0 Å². The van der Waals surface area contributed by atoms with Gasteiger partial charge in [-0.05, 0) is 13.5 Å². The molecule has 2 heterocycles. The first-order chi connectivity index (χ1) is 19.6. The molecule has 0 aromatic carbocycles. The summed E-state index contributed by atoms with van der Waals surface area (Å²) < 4.78 is 23.3. The van der Waals surface area contributed by atoms with Crippen LogP contribution in [0.4, 0.5) is 0 Å². The summed E-state index contributed by atoms with van der Waals surface area (Å²) in [6.45, 7) is 0.0310. The number of nitrogens with one attached hydrogen (secondary N) is 3. The van der Waals surface area contributed by atoms with Gasteiger partial charge in [-0.2, -0.15) is 0 Å². The Labute approximate surface area is 238 Å². The van der Waals surface area contributed by atoms with E-state index in [9.17, 15) is 35.7 Å². The molecule has 0 radical (unpaired) electrons. The lowest BCUT2D eigenvalue weighted by Crippen LogP contribution is -2.68. The van der Waals surface area contributed by atoms with Crippen LogP contribution in [0.5, 0.6) is 0 Å². The average molecular weight is 598 g/mol. The van der Waals surface area contributed by atoms with Crippen LogP contribution in [0.25, 0.3) is 0 Å². The molecule has 3 aliphatic rings. The molecule has 240 valence electrons. The summed E-state index contributed by atoms with van der Waals surface area (Å²) in [5.74, 6) is 0. The van der Waals surface area contributed by atoms with Gasteiger partial charge >= 0.3 is 0 Å². The summed E-state index contributed by atoms with van der Waals surface area (Å²) in [7, 11) is 1.59. The number of hydrogen-bond donors (Lipinski definition) is 13. The molecule has 17 nitrogen and oxygen atoms in total. The van der Waals surface area contributed by atoms with Gasteiger partial charge in [0.1, 0.15) is 48.8 Å². The third-order valence-electron chi connectivity index (χ3n) is 7.70. The van der Waals surface area contributed by atoms with Crippen molar-refractivity contribution in [2.75, 3.05) is 46.4 Å². The van der Waals surface area contributed by atoms with Gasteiger partial charge in [-0.1, -0.05) is 0 Å². The SMILES string of the molecule is CN[C@H]1/C(=C\O)CO[C@H](O[C@H]2[C@H](NCC(O)CN)C[C@H](N)C(O[C@H]3O[C@H](CNCCO)[C@@H](O)[C@H](O)[C@H]3O)[C@@H]2O)[C@@H]1O. The van der Waals surface area contributed by atoms with Crippen LogP contribution >= 0.6 is 0 Å². The molecule has 17 heteroatoms.